The van der Waals surface area contributed by atoms with Crippen LogP contribution >= 0.6 is 34.5 Å². The molecule has 0 bridgehead atoms. The first-order valence-electron chi connectivity index (χ1n) is 5.26. The van der Waals surface area contributed by atoms with Crippen molar-refractivity contribution < 1.29 is 0 Å². The predicted molar refractivity (Wildman–Crippen MR) is 73.4 cm³/mol. The average Bonchev–Trinajstić information content (AvgIpc) is 2.57. The lowest BCUT2D eigenvalue weighted by Gasteiger charge is -2.15. The first-order chi connectivity index (χ1) is 7.69. The van der Waals surface area contributed by atoms with E-state index in [1.807, 2.05) is 13.0 Å². The van der Waals surface area contributed by atoms with E-state index in [2.05, 4.69) is 24.1 Å². The minimum atomic E-state index is 0.252. The van der Waals surface area contributed by atoms with Crippen LogP contribution in [-0.4, -0.2) is 6.54 Å². The molecule has 0 radical (unpaired) electrons. The van der Waals surface area contributed by atoms with Crippen LogP contribution in [0.3, 0.4) is 0 Å². The lowest BCUT2D eigenvalue weighted by molar-refractivity contribution is 0.524. The summed E-state index contributed by atoms with van der Waals surface area (Å²) in [5.74, 6) is 5.97. The molecule has 1 aromatic heterocycles. The van der Waals surface area contributed by atoms with E-state index in [1.165, 1.54) is 11.3 Å². The van der Waals surface area contributed by atoms with Crippen molar-refractivity contribution in [1.29, 1.82) is 0 Å². The molecule has 88 valence electrons. The van der Waals surface area contributed by atoms with E-state index in [-0.39, 0.29) is 6.04 Å². The molecule has 0 aliphatic carbocycles. The highest BCUT2D eigenvalue weighted by molar-refractivity contribution is 7.20. The first kappa shape index (κ1) is 13.9. The highest BCUT2D eigenvalue weighted by Crippen LogP contribution is 2.36. The van der Waals surface area contributed by atoms with Gasteiger partial charge in [0.15, 0.2) is 0 Å². The van der Waals surface area contributed by atoms with Crippen LogP contribution in [0.25, 0.3) is 0 Å². The monoisotopic (exact) mass is 275 g/mol. The average molecular weight is 276 g/mol. The van der Waals surface area contributed by atoms with Gasteiger partial charge in [-0.2, -0.15) is 0 Å². The Morgan fingerprint density at radius 1 is 1.50 bits per heavy atom. The Kier molecular flexibility index (Phi) is 6.23. The van der Waals surface area contributed by atoms with Crippen LogP contribution in [-0.2, 0) is 0 Å². The highest BCUT2D eigenvalue weighted by atomic mass is 35.5. The zero-order valence-electron chi connectivity index (χ0n) is 9.44. The molecule has 1 aromatic rings. The van der Waals surface area contributed by atoms with Gasteiger partial charge in [-0.15, -0.1) is 23.2 Å². The normalized spacial score (nSPS) is 12.0. The SMILES string of the molecule is CC#CCCC(NCC)c1cc(Cl)sc1Cl. The number of nitrogens with one attached hydrogen (secondary N) is 1. The molecule has 0 spiro atoms. The Hall–Kier alpha value is -0.200. The van der Waals surface area contributed by atoms with Crippen molar-refractivity contribution in [3.05, 3.63) is 20.3 Å². The summed E-state index contributed by atoms with van der Waals surface area (Å²) in [7, 11) is 0. The fourth-order valence-electron chi connectivity index (χ4n) is 1.55. The number of hydrogen-bond acceptors (Lipinski definition) is 2. The zero-order chi connectivity index (χ0) is 12.0. The summed E-state index contributed by atoms with van der Waals surface area (Å²) in [4.78, 5) is 0. The minimum absolute atomic E-state index is 0.252. The van der Waals surface area contributed by atoms with E-state index >= 15 is 0 Å². The second kappa shape index (κ2) is 7.19. The summed E-state index contributed by atoms with van der Waals surface area (Å²) in [6, 6.07) is 2.20. The van der Waals surface area contributed by atoms with Gasteiger partial charge in [0.25, 0.3) is 0 Å². The fraction of sp³-hybridized carbons (Fsp3) is 0.500. The number of thiophene rings is 1. The molecule has 1 unspecified atom stereocenters. The van der Waals surface area contributed by atoms with E-state index in [4.69, 9.17) is 23.2 Å². The smallest absolute Gasteiger partial charge is 0.0991 e. The molecule has 0 aromatic carbocycles. The maximum absolute atomic E-state index is 6.15. The summed E-state index contributed by atoms with van der Waals surface area (Å²) in [5.41, 5.74) is 1.09. The number of rotatable bonds is 5. The molecular formula is C12H15Cl2NS. The molecule has 4 heteroatoms. The summed E-state index contributed by atoms with van der Waals surface area (Å²) in [5, 5.41) is 3.41. The van der Waals surface area contributed by atoms with E-state index in [1.54, 1.807) is 0 Å². The number of halogens is 2. The molecule has 16 heavy (non-hydrogen) atoms. The molecule has 1 atom stereocenters. The maximum Gasteiger partial charge on any atom is 0.0991 e. The van der Waals surface area contributed by atoms with Gasteiger partial charge in [0.1, 0.15) is 0 Å². The Morgan fingerprint density at radius 3 is 2.75 bits per heavy atom. The van der Waals surface area contributed by atoms with Gasteiger partial charge in [-0.25, -0.2) is 0 Å². The van der Waals surface area contributed by atoms with Gasteiger partial charge in [0.2, 0.25) is 0 Å². The Bertz CT molecular complexity index is 389. The highest BCUT2D eigenvalue weighted by Gasteiger charge is 2.15. The standard InChI is InChI=1S/C12H15Cl2NS/c1-3-5-6-7-10(15-4-2)9-8-11(13)16-12(9)14/h8,10,15H,4,6-7H2,1-2H3. The molecule has 1 N–H and O–H groups in total. The van der Waals surface area contributed by atoms with E-state index in [0.29, 0.717) is 0 Å². The van der Waals surface area contributed by atoms with Gasteiger partial charge < -0.3 is 5.32 Å². The van der Waals surface area contributed by atoms with Crippen molar-refractivity contribution in [3.63, 3.8) is 0 Å². The van der Waals surface area contributed by atoms with Gasteiger partial charge in [0, 0.05) is 18.0 Å². The minimum Gasteiger partial charge on any atom is -0.310 e. The first-order valence-corrected chi connectivity index (χ1v) is 6.84. The second-order valence-corrected chi connectivity index (χ2v) is 5.64. The third kappa shape index (κ3) is 3.99. The van der Waals surface area contributed by atoms with Gasteiger partial charge in [-0.1, -0.05) is 30.1 Å². The molecule has 0 saturated heterocycles. The van der Waals surface area contributed by atoms with Crippen LogP contribution in [0.15, 0.2) is 6.07 Å². The van der Waals surface area contributed by atoms with Crippen LogP contribution in [0.2, 0.25) is 8.67 Å². The van der Waals surface area contributed by atoms with Crippen LogP contribution in [0.5, 0.6) is 0 Å². The lowest BCUT2D eigenvalue weighted by atomic mass is 10.1. The van der Waals surface area contributed by atoms with Crippen molar-refractivity contribution in [2.45, 2.75) is 32.7 Å². The summed E-state index contributed by atoms with van der Waals surface area (Å²) < 4.78 is 1.52. The largest absolute Gasteiger partial charge is 0.310 e. The van der Waals surface area contributed by atoms with Crippen LogP contribution < -0.4 is 5.32 Å². The van der Waals surface area contributed by atoms with E-state index < -0.39 is 0 Å². The third-order valence-electron chi connectivity index (χ3n) is 2.24. The second-order valence-electron chi connectivity index (χ2n) is 3.36. The van der Waals surface area contributed by atoms with Gasteiger partial charge in [0.05, 0.1) is 8.67 Å². The van der Waals surface area contributed by atoms with Gasteiger partial charge >= 0.3 is 0 Å². The summed E-state index contributed by atoms with van der Waals surface area (Å²) in [6.45, 7) is 4.85. The van der Waals surface area contributed by atoms with Crippen molar-refractivity contribution >= 4 is 34.5 Å². The topological polar surface area (TPSA) is 12.0 Å². The van der Waals surface area contributed by atoms with E-state index in [9.17, 15) is 0 Å². The third-order valence-corrected chi connectivity index (χ3v) is 3.76. The molecule has 0 saturated carbocycles. The van der Waals surface area contributed by atoms with Crippen molar-refractivity contribution in [3.8, 4) is 11.8 Å². The maximum atomic E-state index is 6.15. The van der Waals surface area contributed by atoms with Gasteiger partial charge in [-0.3, -0.25) is 0 Å². The van der Waals surface area contributed by atoms with Crippen LogP contribution in [0.4, 0.5) is 0 Å². The molecule has 0 aliphatic heterocycles. The van der Waals surface area contributed by atoms with Crippen LogP contribution in [0.1, 0.15) is 38.3 Å². The number of hydrogen-bond donors (Lipinski definition) is 1. The molecule has 0 fully saturated rings. The summed E-state index contributed by atoms with van der Waals surface area (Å²) >= 11 is 13.5. The summed E-state index contributed by atoms with van der Waals surface area (Å²) in [6.07, 6.45) is 1.83. The molecular weight excluding hydrogens is 261 g/mol. The Labute approximate surface area is 111 Å². The Morgan fingerprint density at radius 2 is 2.25 bits per heavy atom. The fourth-order valence-corrected chi connectivity index (χ4v) is 3.13. The van der Waals surface area contributed by atoms with E-state index in [0.717, 1.165) is 33.6 Å². The molecule has 0 aliphatic rings. The van der Waals surface area contributed by atoms with Crippen molar-refractivity contribution in [2.75, 3.05) is 6.54 Å². The lowest BCUT2D eigenvalue weighted by Crippen LogP contribution is -2.20. The molecule has 1 nitrogen and oxygen atoms in total. The molecule has 0 amide bonds. The van der Waals surface area contributed by atoms with Crippen molar-refractivity contribution in [1.82, 2.24) is 5.32 Å². The van der Waals surface area contributed by atoms with Crippen molar-refractivity contribution in [2.24, 2.45) is 0 Å². The quantitative estimate of drug-likeness (QED) is 0.780. The zero-order valence-corrected chi connectivity index (χ0v) is 11.8. The van der Waals surface area contributed by atoms with Crippen LogP contribution in [0, 0.1) is 11.8 Å². The van der Waals surface area contributed by atoms with Gasteiger partial charge in [-0.05, 0) is 26.0 Å². The predicted octanol–water partition coefficient (Wildman–Crippen LogP) is 4.51. The Balaban J connectivity index is 2.74. The molecule has 1 rings (SSSR count). The molecule has 1 heterocycles.